The van der Waals surface area contributed by atoms with Crippen molar-refractivity contribution in [2.75, 3.05) is 4.90 Å². The summed E-state index contributed by atoms with van der Waals surface area (Å²) in [4.78, 5) is 8.14. The van der Waals surface area contributed by atoms with Crippen molar-refractivity contribution in [3.8, 4) is 11.1 Å². The average molecular weight is 783 g/mol. The first kappa shape index (κ1) is 39.3. The smallest absolute Gasteiger partial charge is 0.262 e. The number of benzene rings is 4. The number of anilines is 3. The van der Waals surface area contributed by atoms with Crippen LogP contribution in [0.4, 0.5) is 17.2 Å². The molecule has 0 radical (unpaired) electrons. The van der Waals surface area contributed by atoms with Gasteiger partial charge in [0, 0.05) is 32.0 Å². The predicted molar refractivity (Wildman–Crippen MR) is 254 cm³/mol. The van der Waals surface area contributed by atoms with Gasteiger partial charge < -0.3 is 0 Å². The van der Waals surface area contributed by atoms with Gasteiger partial charge in [-0.3, -0.25) is 4.90 Å². The number of fused-ring (bicyclic) bond motifs is 7. The normalized spacial score (nSPS) is 17.8. The molecule has 0 N–H and O–H groups in total. The quantitative estimate of drug-likeness (QED) is 0.162. The van der Waals surface area contributed by atoms with E-state index in [0.29, 0.717) is 0 Å². The summed E-state index contributed by atoms with van der Waals surface area (Å²) >= 11 is 2.01. The minimum absolute atomic E-state index is 0.0314. The van der Waals surface area contributed by atoms with Gasteiger partial charge in [0.2, 0.25) is 0 Å². The Bertz CT molecular complexity index is 2650. The van der Waals surface area contributed by atoms with E-state index in [2.05, 4.69) is 194 Å². The highest BCUT2D eigenvalue weighted by Gasteiger charge is 2.49. The number of hydrogen-bond donors (Lipinski definition) is 0. The lowest BCUT2D eigenvalue weighted by Crippen LogP contribution is -2.63. The Balaban J connectivity index is 1.42. The van der Waals surface area contributed by atoms with Crippen LogP contribution in [0.3, 0.4) is 0 Å². The molecule has 0 saturated heterocycles. The lowest BCUT2D eigenvalue weighted by Gasteiger charge is -2.46. The highest BCUT2D eigenvalue weighted by Crippen LogP contribution is 2.54. The molecule has 9 rings (SSSR count). The molecule has 3 aliphatic rings. The van der Waals surface area contributed by atoms with Crippen molar-refractivity contribution in [2.24, 2.45) is 0 Å². The van der Waals surface area contributed by atoms with Crippen molar-refractivity contribution in [2.45, 2.75) is 149 Å². The van der Waals surface area contributed by atoms with E-state index in [-0.39, 0.29) is 39.2 Å². The van der Waals surface area contributed by atoms with E-state index in [0.717, 1.165) is 12.2 Å². The number of aromatic nitrogens is 1. The molecule has 0 spiro atoms. The van der Waals surface area contributed by atoms with E-state index in [4.69, 9.17) is 4.98 Å². The van der Waals surface area contributed by atoms with E-state index in [1.54, 1.807) is 0 Å². The van der Waals surface area contributed by atoms with Crippen LogP contribution in [0.2, 0.25) is 0 Å². The van der Waals surface area contributed by atoms with E-state index in [1.807, 2.05) is 11.3 Å². The first-order chi connectivity index (χ1) is 26.9. The minimum Gasteiger partial charge on any atom is -0.294 e. The first-order valence-electron chi connectivity index (χ1n) is 21.7. The summed E-state index contributed by atoms with van der Waals surface area (Å²) in [6, 6.07) is 31.7. The maximum Gasteiger partial charge on any atom is 0.262 e. The van der Waals surface area contributed by atoms with Gasteiger partial charge in [-0.15, -0.1) is 11.3 Å². The van der Waals surface area contributed by atoms with Crippen LogP contribution in [0.15, 0.2) is 85.1 Å². The number of pyridine rings is 1. The van der Waals surface area contributed by atoms with Gasteiger partial charge in [0.05, 0.1) is 11.4 Å². The zero-order chi connectivity index (χ0) is 41.7. The van der Waals surface area contributed by atoms with Crippen molar-refractivity contribution < 1.29 is 0 Å². The Morgan fingerprint density at radius 1 is 0.603 bits per heavy atom. The topological polar surface area (TPSA) is 16.1 Å². The number of hydrogen-bond acceptors (Lipinski definition) is 3. The van der Waals surface area contributed by atoms with Gasteiger partial charge in [-0.2, -0.15) is 0 Å². The van der Waals surface area contributed by atoms with Gasteiger partial charge in [0.15, 0.2) is 0 Å². The Hall–Kier alpha value is -4.15. The van der Waals surface area contributed by atoms with Gasteiger partial charge >= 0.3 is 0 Å². The van der Waals surface area contributed by atoms with Crippen molar-refractivity contribution in [3.63, 3.8) is 0 Å². The van der Waals surface area contributed by atoms with E-state index < -0.39 is 0 Å². The molecule has 6 aromatic rings. The van der Waals surface area contributed by atoms with Crippen LogP contribution in [0.5, 0.6) is 0 Å². The molecule has 4 aromatic carbocycles. The molecular formula is C54H63BN2S. The minimum atomic E-state index is -0.192. The Morgan fingerprint density at radius 2 is 1.17 bits per heavy atom. The third-order valence-corrected chi connectivity index (χ3v) is 15.6. The summed E-state index contributed by atoms with van der Waals surface area (Å²) in [5.74, 6) is 1.08. The fraction of sp³-hybridized carbons (Fsp3) is 0.426. The van der Waals surface area contributed by atoms with Crippen LogP contribution < -0.4 is 20.6 Å². The van der Waals surface area contributed by atoms with Gasteiger partial charge in [-0.25, -0.2) is 4.98 Å². The standard InChI is InChI=1S/C54H63BN2S/c1-49(2,3)33-18-16-32(17-19-33)37-30-40-41(53(12,13)26-25-52(40,10)11)31-43(37)57-46-36-22-20-35(51(7,8)9)29-44(36)58-47(46)55-42-28-34(50(4,5)6)21-23-38(42)54(14,15)39-24-27-56-48(57)45(39)55/h16-24,27-31H,25-26H2,1-15H3. The predicted octanol–water partition coefficient (Wildman–Crippen LogP) is 13.1. The maximum atomic E-state index is 5.51. The largest absolute Gasteiger partial charge is 0.294 e. The summed E-state index contributed by atoms with van der Waals surface area (Å²) in [7, 11) is 0. The van der Waals surface area contributed by atoms with Gasteiger partial charge in [-0.1, -0.05) is 164 Å². The summed E-state index contributed by atoms with van der Waals surface area (Å²) in [6.45, 7) is 35.8. The third kappa shape index (κ3) is 5.89. The lowest BCUT2D eigenvalue weighted by molar-refractivity contribution is 0.332. The monoisotopic (exact) mass is 782 g/mol. The van der Waals surface area contributed by atoms with Crippen LogP contribution in [0.25, 0.3) is 21.2 Å². The molecule has 58 heavy (non-hydrogen) atoms. The van der Waals surface area contributed by atoms with Crippen molar-refractivity contribution in [1.82, 2.24) is 4.98 Å². The molecule has 4 heterocycles. The molecule has 2 aliphatic heterocycles. The second kappa shape index (κ2) is 12.4. The highest BCUT2D eigenvalue weighted by atomic mass is 32.1. The van der Waals surface area contributed by atoms with Crippen molar-refractivity contribution in [3.05, 3.63) is 124 Å². The summed E-state index contributed by atoms with van der Waals surface area (Å²) in [5.41, 5.74) is 17.8. The SMILES string of the molecule is CC(C)(C)c1ccc(-c2cc3c(cc2N2c4nccc5c4B(c4cc(C(C)(C)C)ccc4C5(C)C)c4sc5cc(C(C)(C)C)ccc5c42)C(C)(C)CCC3(C)C)cc1. The average Bonchev–Trinajstić information content (AvgIpc) is 3.52. The number of nitrogens with zero attached hydrogens (tertiary/aromatic N) is 2. The maximum absolute atomic E-state index is 5.51. The van der Waals surface area contributed by atoms with Crippen LogP contribution >= 0.6 is 11.3 Å². The molecule has 1 aliphatic carbocycles. The molecular weight excluding hydrogens is 719 g/mol. The third-order valence-electron chi connectivity index (χ3n) is 14.4. The zero-order valence-electron chi connectivity index (χ0n) is 37.9. The van der Waals surface area contributed by atoms with E-state index in [9.17, 15) is 0 Å². The van der Waals surface area contributed by atoms with Crippen molar-refractivity contribution >= 4 is 61.0 Å². The molecule has 0 amide bonds. The Morgan fingerprint density at radius 3 is 1.79 bits per heavy atom. The molecule has 0 fully saturated rings. The molecule has 2 aromatic heterocycles. The van der Waals surface area contributed by atoms with Gasteiger partial charge in [0.25, 0.3) is 6.71 Å². The summed E-state index contributed by atoms with van der Waals surface area (Å²) < 4.78 is 2.78. The van der Waals surface area contributed by atoms with Crippen LogP contribution in [0.1, 0.15) is 156 Å². The fourth-order valence-electron chi connectivity index (χ4n) is 10.4. The number of thiophene rings is 1. The summed E-state index contributed by atoms with van der Waals surface area (Å²) in [5, 5.41) is 1.32. The second-order valence-electron chi connectivity index (χ2n) is 22.8. The Kier molecular flexibility index (Phi) is 8.44. The molecule has 4 heteroatoms. The fourth-order valence-corrected chi connectivity index (χ4v) is 11.7. The molecule has 298 valence electrons. The van der Waals surface area contributed by atoms with Gasteiger partial charge in [-0.05, 0) is 114 Å². The molecule has 2 nitrogen and oxygen atoms in total. The van der Waals surface area contributed by atoms with Crippen molar-refractivity contribution in [1.29, 1.82) is 0 Å². The van der Waals surface area contributed by atoms with E-state index in [1.165, 1.54) is 93.7 Å². The second-order valence-corrected chi connectivity index (χ2v) is 23.9. The van der Waals surface area contributed by atoms with Crippen LogP contribution in [-0.2, 0) is 32.5 Å². The molecule has 0 atom stereocenters. The Labute approximate surface area is 353 Å². The van der Waals surface area contributed by atoms with E-state index >= 15 is 0 Å². The molecule has 0 unspecified atom stereocenters. The number of rotatable bonds is 2. The first-order valence-corrected chi connectivity index (χ1v) is 22.5. The van der Waals surface area contributed by atoms with Crippen LogP contribution in [-0.4, -0.2) is 11.7 Å². The van der Waals surface area contributed by atoms with Gasteiger partial charge in [0.1, 0.15) is 5.82 Å². The zero-order valence-corrected chi connectivity index (χ0v) is 38.7. The van der Waals surface area contributed by atoms with Crippen LogP contribution in [0, 0.1) is 0 Å². The lowest BCUT2D eigenvalue weighted by atomic mass is 9.32. The molecule has 0 bridgehead atoms. The highest BCUT2D eigenvalue weighted by molar-refractivity contribution is 7.33. The summed E-state index contributed by atoms with van der Waals surface area (Å²) in [6.07, 6.45) is 4.43. The molecule has 0 saturated carbocycles.